The van der Waals surface area contributed by atoms with Gasteiger partial charge in [-0.3, -0.25) is 4.79 Å². The SMILES string of the molecule is CS(=O)(=O)CCC(N)C(=O)Nc1cccc(Br)c1. The van der Waals surface area contributed by atoms with E-state index in [9.17, 15) is 13.2 Å². The molecule has 0 radical (unpaired) electrons. The maximum atomic E-state index is 11.7. The van der Waals surface area contributed by atoms with Crippen molar-refractivity contribution in [1.29, 1.82) is 0 Å². The number of halogens is 1. The highest BCUT2D eigenvalue weighted by molar-refractivity contribution is 9.10. The van der Waals surface area contributed by atoms with Crippen LogP contribution in [0.1, 0.15) is 6.42 Å². The first-order chi connectivity index (χ1) is 8.28. The lowest BCUT2D eigenvalue weighted by molar-refractivity contribution is -0.117. The molecule has 0 aliphatic rings. The lowest BCUT2D eigenvalue weighted by atomic mass is 10.2. The molecule has 3 N–H and O–H groups in total. The van der Waals surface area contributed by atoms with Crippen molar-refractivity contribution in [2.75, 3.05) is 17.3 Å². The van der Waals surface area contributed by atoms with Crippen LogP contribution in [0.5, 0.6) is 0 Å². The molecule has 0 fully saturated rings. The smallest absolute Gasteiger partial charge is 0.241 e. The van der Waals surface area contributed by atoms with Gasteiger partial charge in [-0.1, -0.05) is 22.0 Å². The normalized spacial score (nSPS) is 13.1. The molecular formula is C11H15BrN2O3S. The third-order valence-electron chi connectivity index (χ3n) is 2.23. The number of rotatable bonds is 5. The summed E-state index contributed by atoms with van der Waals surface area (Å²) in [7, 11) is -3.10. The molecule has 1 aromatic carbocycles. The molecule has 0 saturated heterocycles. The van der Waals surface area contributed by atoms with E-state index < -0.39 is 21.8 Å². The van der Waals surface area contributed by atoms with E-state index in [0.717, 1.165) is 10.7 Å². The first-order valence-electron chi connectivity index (χ1n) is 5.27. The molecule has 1 rings (SSSR count). The molecular weight excluding hydrogens is 320 g/mol. The van der Waals surface area contributed by atoms with E-state index in [1.54, 1.807) is 18.2 Å². The standard InChI is InChI=1S/C11H15BrN2O3S/c1-18(16,17)6-5-10(13)11(15)14-9-4-2-3-8(12)7-9/h2-4,7,10H,5-6,13H2,1H3,(H,14,15). The van der Waals surface area contributed by atoms with Crippen LogP contribution >= 0.6 is 15.9 Å². The number of carbonyl (C=O) groups is 1. The molecule has 1 amide bonds. The summed E-state index contributed by atoms with van der Waals surface area (Å²) in [6.07, 6.45) is 1.23. The zero-order chi connectivity index (χ0) is 13.8. The Bertz CT molecular complexity index is 531. The Morgan fingerprint density at radius 2 is 2.17 bits per heavy atom. The Labute approximate surface area is 115 Å². The summed E-state index contributed by atoms with van der Waals surface area (Å²) < 4.78 is 22.8. The van der Waals surface area contributed by atoms with Gasteiger partial charge in [0.15, 0.2) is 0 Å². The van der Waals surface area contributed by atoms with Crippen LogP contribution in [-0.4, -0.2) is 32.4 Å². The van der Waals surface area contributed by atoms with Gasteiger partial charge in [0, 0.05) is 16.4 Å². The highest BCUT2D eigenvalue weighted by Gasteiger charge is 2.16. The summed E-state index contributed by atoms with van der Waals surface area (Å²) in [5, 5.41) is 2.63. The van der Waals surface area contributed by atoms with Gasteiger partial charge in [0.2, 0.25) is 5.91 Å². The molecule has 100 valence electrons. The lowest BCUT2D eigenvalue weighted by Crippen LogP contribution is -2.37. The van der Waals surface area contributed by atoms with Crippen LogP contribution in [0, 0.1) is 0 Å². The maximum Gasteiger partial charge on any atom is 0.241 e. The van der Waals surface area contributed by atoms with Crippen LogP contribution in [0.25, 0.3) is 0 Å². The number of hydrogen-bond acceptors (Lipinski definition) is 4. The van der Waals surface area contributed by atoms with Gasteiger partial charge in [0.25, 0.3) is 0 Å². The van der Waals surface area contributed by atoms with Gasteiger partial charge >= 0.3 is 0 Å². The first kappa shape index (κ1) is 15.1. The highest BCUT2D eigenvalue weighted by atomic mass is 79.9. The Hall–Kier alpha value is -0.920. The molecule has 0 aliphatic heterocycles. The second-order valence-electron chi connectivity index (χ2n) is 4.02. The van der Waals surface area contributed by atoms with Gasteiger partial charge in [0.1, 0.15) is 9.84 Å². The fourth-order valence-corrected chi connectivity index (χ4v) is 2.35. The third-order valence-corrected chi connectivity index (χ3v) is 3.70. The Morgan fingerprint density at radius 1 is 1.50 bits per heavy atom. The van der Waals surface area contributed by atoms with Crippen LogP contribution in [-0.2, 0) is 14.6 Å². The molecule has 0 aromatic heterocycles. The van der Waals surface area contributed by atoms with E-state index >= 15 is 0 Å². The van der Waals surface area contributed by atoms with Gasteiger partial charge in [-0.05, 0) is 24.6 Å². The number of nitrogens with one attached hydrogen (secondary N) is 1. The predicted molar refractivity (Wildman–Crippen MR) is 75.1 cm³/mol. The second kappa shape index (κ2) is 6.31. The largest absolute Gasteiger partial charge is 0.325 e. The molecule has 5 nitrogen and oxygen atoms in total. The summed E-state index contributed by atoms with van der Waals surface area (Å²) in [4.78, 5) is 11.7. The van der Waals surface area contributed by atoms with Gasteiger partial charge in [-0.15, -0.1) is 0 Å². The summed E-state index contributed by atoms with van der Waals surface area (Å²) in [5.74, 6) is -0.489. The van der Waals surface area contributed by atoms with E-state index in [-0.39, 0.29) is 12.2 Å². The number of amides is 1. The van der Waals surface area contributed by atoms with Crippen molar-refractivity contribution in [3.8, 4) is 0 Å². The maximum absolute atomic E-state index is 11.7. The van der Waals surface area contributed by atoms with Crippen molar-refractivity contribution < 1.29 is 13.2 Å². The van der Waals surface area contributed by atoms with Crippen molar-refractivity contribution >= 4 is 37.4 Å². The van der Waals surface area contributed by atoms with E-state index in [4.69, 9.17) is 5.73 Å². The molecule has 1 unspecified atom stereocenters. The quantitative estimate of drug-likeness (QED) is 0.845. The average Bonchev–Trinajstić information content (AvgIpc) is 2.24. The van der Waals surface area contributed by atoms with Crippen LogP contribution in [0.4, 0.5) is 5.69 Å². The van der Waals surface area contributed by atoms with Crippen molar-refractivity contribution in [3.05, 3.63) is 28.7 Å². The zero-order valence-corrected chi connectivity index (χ0v) is 12.3. The van der Waals surface area contributed by atoms with Crippen molar-refractivity contribution in [3.63, 3.8) is 0 Å². The lowest BCUT2D eigenvalue weighted by Gasteiger charge is -2.11. The van der Waals surface area contributed by atoms with Crippen molar-refractivity contribution in [1.82, 2.24) is 0 Å². The van der Waals surface area contributed by atoms with Gasteiger partial charge < -0.3 is 11.1 Å². The topological polar surface area (TPSA) is 89.3 Å². The highest BCUT2D eigenvalue weighted by Crippen LogP contribution is 2.15. The predicted octanol–water partition coefficient (Wildman–Crippen LogP) is 1.15. The Kier molecular flexibility index (Phi) is 5.30. The summed E-state index contributed by atoms with van der Waals surface area (Å²) >= 11 is 3.28. The molecule has 1 aromatic rings. The summed E-state index contributed by atoms with van der Waals surface area (Å²) in [6, 6.07) is 6.24. The van der Waals surface area contributed by atoms with Gasteiger partial charge in [-0.25, -0.2) is 8.42 Å². The number of anilines is 1. The summed E-state index contributed by atoms with van der Waals surface area (Å²) in [5.41, 5.74) is 6.24. The number of carbonyl (C=O) groups excluding carboxylic acids is 1. The molecule has 0 heterocycles. The molecule has 0 spiro atoms. The number of benzene rings is 1. The number of sulfone groups is 1. The average molecular weight is 335 g/mol. The minimum absolute atomic E-state index is 0.0972. The number of hydrogen-bond donors (Lipinski definition) is 2. The van der Waals surface area contributed by atoms with E-state index in [0.29, 0.717) is 5.69 Å². The molecule has 7 heteroatoms. The fourth-order valence-electron chi connectivity index (χ4n) is 1.27. The van der Waals surface area contributed by atoms with Crippen LogP contribution in [0.2, 0.25) is 0 Å². The monoisotopic (exact) mass is 334 g/mol. The molecule has 0 aliphatic carbocycles. The van der Waals surface area contributed by atoms with E-state index in [2.05, 4.69) is 21.2 Å². The molecule has 0 saturated carbocycles. The minimum Gasteiger partial charge on any atom is -0.325 e. The minimum atomic E-state index is -3.10. The van der Waals surface area contributed by atoms with E-state index in [1.807, 2.05) is 6.07 Å². The number of nitrogens with two attached hydrogens (primary N) is 1. The van der Waals surface area contributed by atoms with Crippen molar-refractivity contribution in [2.24, 2.45) is 5.73 Å². The van der Waals surface area contributed by atoms with Crippen LogP contribution < -0.4 is 11.1 Å². The summed E-state index contributed by atoms with van der Waals surface area (Å²) in [6.45, 7) is 0. The zero-order valence-electron chi connectivity index (χ0n) is 9.89. The van der Waals surface area contributed by atoms with Gasteiger partial charge in [0.05, 0.1) is 11.8 Å². The van der Waals surface area contributed by atoms with Crippen LogP contribution in [0.3, 0.4) is 0 Å². The van der Waals surface area contributed by atoms with Gasteiger partial charge in [-0.2, -0.15) is 0 Å². The van der Waals surface area contributed by atoms with Crippen molar-refractivity contribution in [2.45, 2.75) is 12.5 Å². The third kappa shape index (κ3) is 5.61. The second-order valence-corrected chi connectivity index (χ2v) is 7.20. The Balaban J connectivity index is 2.55. The van der Waals surface area contributed by atoms with E-state index in [1.165, 1.54) is 0 Å². The Morgan fingerprint density at radius 3 is 2.72 bits per heavy atom. The van der Waals surface area contributed by atoms with Crippen LogP contribution in [0.15, 0.2) is 28.7 Å². The fraction of sp³-hybridized carbons (Fsp3) is 0.364. The molecule has 18 heavy (non-hydrogen) atoms. The first-order valence-corrected chi connectivity index (χ1v) is 8.13. The molecule has 1 atom stereocenters. The molecule has 0 bridgehead atoms.